The number of Topliss-reactive ketones (excluding diaryl/α,β-unsaturated/α-hetero) is 1. The van der Waals surface area contributed by atoms with E-state index in [-0.39, 0.29) is 11.7 Å². The van der Waals surface area contributed by atoms with Crippen molar-refractivity contribution in [2.75, 3.05) is 14.2 Å². The van der Waals surface area contributed by atoms with Crippen molar-refractivity contribution in [1.29, 1.82) is 0 Å². The molecular formula is C21H19NO4. The van der Waals surface area contributed by atoms with Crippen molar-refractivity contribution in [3.05, 3.63) is 71.5 Å². The molecule has 0 unspecified atom stereocenters. The van der Waals surface area contributed by atoms with Crippen LogP contribution in [-0.2, 0) is 9.53 Å². The van der Waals surface area contributed by atoms with E-state index in [0.717, 1.165) is 22.4 Å². The third-order valence-electron chi connectivity index (χ3n) is 5.11. The fraction of sp³-hybridized carbons (Fsp3) is 0.238. The van der Waals surface area contributed by atoms with E-state index in [1.165, 1.54) is 7.11 Å². The number of pyridine rings is 1. The SMILES string of the molecule is COC(=O)[C@@H]1C[C@@H](c2ccc(OC)cc2)c2cc3ccccn3c2C1=O. The van der Waals surface area contributed by atoms with Gasteiger partial charge in [0, 0.05) is 17.6 Å². The number of esters is 1. The maximum Gasteiger partial charge on any atom is 0.316 e. The summed E-state index contributed by atoms with van der Waals surface area (Å²) in [6.45, 7) is 0. The van der Waals surface area contributed by atoms with Gasteiger partial charge in [-0.3, -0.25) is 9.59 Å². The normalized spacial score (nSPS) is 19.2. The Bertz CT molecular complexity index is 987. The van der Waals surface area contributed by atoms with E-state index in [1.807, 2.05) is 59.1 Å². The van der Waals surface area contributed by atoms with Gasteiger partial charge >= 0.3 is 5.97 Å². The number of benzene rings is 1. The summed E-state index contributed by atoms with van der Waals surface area (Å²) in [5, 5.41) is 0. The molecule has 0 saturated heterocycles. The molecule has 26 heavy (non-hydrogen) atoms. The Morgan fingerprint density at radius 1 is 1.12 bits per heavy atom. The van der Waals surface area contributed by atoms with Crippen LogP contribution in [0.4, 0.5) is 0 Å². The number of hydrogen-bond donors (Lipinski definition) is 0. The number of aromatic nitrogens is 1. The number of methoxy groups -OCH3 is 2. The quantitative estimate of drug-likeness (QED) is 0.537. The van der Waals surface area contributed by atoms with E-state index in [9.17, 15) is 9.59 Å². The minimum atomic E-state index is -0.794. The van der Waals surface area contributed by atoms with Crippen molar-refractivity contribution < 1.29 is 19.1 Å². The Balaban J connectivity index is 1.89. The van der Waals surface area contributed by atoms with Gasteiger partial charge in [-0.2, -0.15) is 0 Å². The van der Waals surface area contributed by atoms with Crippen LogP contribution in [0.5, 0.6) is 5.75 Å². The Hall–Kier alpha value is -3.08. The molecule has 2 aromatic heterocycles. The molecule has 0 N–H and O–H groups in total. The van der Waals surface area contributed by atoms with Gasteiger partial charge in [-0.1, -0.05) is 18.2 Å². The van der Waals surface area contributed by atoms with Gasteiger partial charge in [-0.25, -0.2) is 0 Å². The summed E-state index contributed by atoms with van der Waals surface area (Å²) >= 11 is 0. The van der Waals surface area contributed by atoms with Crippen LogP contribution < -0.4 is 4.74 Å². The highest BCUT2D eigenvalue weighted by Crippen LogP contribution is 2.41. The lowest BCUT2D eigenvalue weighted by Crippen LogP contribution is -2.33. The van der Waals surface area contributed by atoms with Crippen LogP contribution >= 0.6 is 0 Å². The minimum absolute atomic E-state index is 0.0578. The summed E-state index contributed by atoms with van der Waals surface area (Å²) in [4.78, 5) is 25.3. The predicted octanol–water partition coefficient (Wildman–Crippen LogP) is 3.46. The lowest BCUT2D eigenvalue weighted by molar-refractivity contribution is -0.144. The summed E-state index contributed by atoms with van der Waals surface area (Å²) in [6.07, 6.45) is 2.26. The van der Waals surface area contributed by atoms with Gasteiger partial charge in [-0.15, -0.1) is 0 Å². The van der Waals surface area contributed by atoms with Crippen LogP contribution in [0, 0.1) is 5.92 Å². The number of carbonyl (C=O) groups is 2. The van der Waals surface area contributed by atoms with Crippen LogP contribution in [-0.4, -0.2) is 30.4 Å². The first kappa shape index (κ1) is 16.4. The van der Waals surface area contributed by atoms with Gasteiger partial charge in [0.05, 0.1) is 19.9 Å². The molecule has 0 radical (unpaired) electrons. The molecule has 2 heterocycles. The molecule has 0 saturated carbocycles. The maximum absolute atomic E-state index is 13.0. The number of ether oxygens (including phenoxy) is 2. The summed E-state index contributed by atoms with van der Waals surface area (Å²) in [5.74, 6) is -0.740. The highest BCUT2D eigenvalue weighted by Gasteiger charge is 2.41. The van der Waals surface area contributed by atoms with E-state index in [1.54, 1.807) is 7.11 Å². The summed E-state index contributed by atoms with van der Waals surface area (Å²) in [5.41, 5.74) is 3.51. The second-order valence-electron chi connectivity index (χ2n) is 6.45. The van der Waals surface area contributed by atoms with Crippen molar-refractivity contribution in [2.45, 2.75) is 12.3 Å². The molecular weight excluding hydrogens is 330 g/mol. The van der Waals surface area contributed by atoms with Gasteiger partial charge in [0.25, 0.3) is 0 Å². The Labute approximate surface area is 151 Å². The van der Waals surface area contributed by atoms with E-state index in [4.69, 9.17) is 9.47 Å². The first-order valence-corrected chi connectivity index (χ1v) is 8.50. The first-order valence-electron chi connectivity index (χ1n) is 8.50. The van der Waals surface area contributed by atoms with E-state index >= 15 is 0 Å². The first-order chi connectivity index (χ1) is 12.6. The molecule has 1 aromatic carbocycles. The number of ketones is 1. The standard InChI is InChI=1S/C21H19NO4/c1-25-15-8-6-13(7-9-15)16-12-18(21(24)26-2)20(23)19-17(16)11-14-5-3-4-10-22(14)19/h3-11,16,18H,12H2,1-2H3/t16-,18+/m0/s1. The van der Waals surface area contributed by atoms with Crippen LogP contribution in [0.3, 0.4) is 0 Å². The largest absolute Gasteiger partial charge is 0.497 e. The molecule has 1 aliphatic carbocycles. The van der Waals surface area contributed by atoms with Crippen LogP contribution in [0.15, 0.2) is 54.7 Å². The van der Waals surface area contributed by atoms with Crippen molar-refractivity contribution in [1.82, 2.24) is 4.40 Å². The van der Waals surface area contributed by atoms with Crippen LogP contribution in [0.1, 0.15) is 34.0 Å². The third-order valence-corrected chi connectivity index (χ3v) is 5.11. The van der Waals surface area contributed by atoms with Crippen molar-refractivity contribution >= 4 is 17.3 Å². The molecule has 0 amide bonds. The average Bonchev–Trinajstić information content (AvgIpc) is 3.08. The van der Waals surface area contributed by atoms with Crippen molar-refractivity contribution in [2.24, 2.45) is 5.92 Å². The number of fused-ring (bicyclic) bond motifs is 3. The topological polar surface area (TPSA) is 57.0 Å². The Kier molecular flexibility index (Phi) is 3.99. The molecule has 132 valence electrons. The molecule has 1 aliphatic rings. The molecule has 0 fully saturated rings. The smallest absolute Gasteiger partial charge is 0.316 e. The van der Waals surface area contributed by atoms with E-state index < -0.39 is 11.9 Å². The zero-order valence-electron chi connectivity index (χ0n) is 14.6. The summed E-state index contributed by atoms with van der Waals surface area (Å²) in [7, 11) is 2.95. The number of hydrogen-bond acceptors (Lipinski definition) is 4. The van der Waals surface area contributed by atoms with Gasteiger partial charge in [0.15, 0.2) is 5.78 Å². The molecule has 5 heteroatoms. The molecule has 0 aliphatic heterocycles. The summed E-state index contributed by atoms with van der Waals surface area (Å²) < 4.78 is 12.0. The van der Waals surface area contributed by atoms with E-state index in [0.29, 0.717) is 12.1 Å². The molecule has 4 rings (SSSR count). The van der Waals surface area contributed by atoms with Gasteiger partial charge in [0.2, 0.25) is 0 Å². The second-order valence-corrected chi connectivity index (χ2v) is 6.45. The fourth-order valence-electron chi connectivity index (χ4n) is 3.80. The third kappa shape index (κ3) is 2.47. The number of carbonyl (C=O) groups excluding carboxylic acids is 2. The lowest BCUT2D eigenvalue weighted by atomic mass is 9.76. The average molecular weight is 349 g/mol. The zero-order valence-corrected chi connectivity index (χ0v) is 14.6. The molecule has 0 bridgehead atoms. The van der Waals surface area contributed by atoms with Crippen LogP contribution in [0.2, 0.25) is 0 Å². The highest BCUT2D eigenvalue weighted by atomic mass is 16.5. The van der Waals surface area contributed by atoms with E-state index in [2.05, 4.69) is 0 Å². The Morgan fingerprint density at radius 3 is 2.58 bits per heavy atom. The number of rotatable bonds is 3. The molecule has 0 spiro atoms. The molecule has 3 aromatic rings. The summed E-state index contributed by atoms with van der Waals surface area (Å²) in [6, 6.07) is 15.6. The molecule has 2 atom stereocenters. The minimum Gasteiger partial charge on any atom is -0.497 e. The van der Waals surface area contributed by atoms with Crippen molar-refractivity contribution in [3.8, 4) is 5.75 Å². The second kappa shape index (κ2) is 6.33. The highest BCUT2D eigenvalue weighted by molar-refractivity contribution is 6.10. The van der Waals surface area contributed by atoms with Crippen molar-refractivity contribution in [3.63, 3.8) is 0 Å². The number of nitrogens with zero attached hydrogens (tertiary/aromatic N) is 1. The molecule has 5 nitrogen and oxygen atoms in total. The maximum atomic E-state index is 13.0. The fourth-order valence-corrected chi connectivity index (χ4v) is 3.80. The van der Waals surface area contributed by atoms with Gasteiger partial charge < -0.3 is 13.9 Å². The van der Waals surface area contributed by atoms with Crippen LogP contribution in [0.25, 0.3) is 5.52 Å². The monoisotopic (exact) mass is 349 g/mol. The Morgan fingerprint density at radius 2 is 1.88 bits per heavy atom. The van der Waals surface area contributed by atoms with Gasteiger partial charge in [-0.05, 0) is 47.9 Å². The van der Waals surface area contributed by atoms with Gasteiger partial charge in [0.1, 0.15) is 11.7 Å². The zero-order chi connectivity index (χ0) is 18.3. The predicted molar refractivity (Wildman–Crippen MR) is 96.7 cm³/mol. The lowest BCUT2D eigenvalue weighted by Gasteiger charge is -2.27.